The summed E-state index contributed by atoms with van der Waals surface area (Å²) in [5, 5.41) is 3.53. The minimum Gasteiger partial charge on any atom is -0.478 e. The maximum Gasteiger partial charge on any atom is 0.263 e. The lowest BCUT2D eigenvalue weighted by molar-refractivity contribution is -0.134. The largest absolute Gasteiger partial charge is 0.478 e. The number of amides is 1. The summed E-state index contributed by atoms with van der Waals surface area (Å²) in [7, 11) is 0. The van der Waals surface area contributed by atoms with Crippen LogP contribution in [0.2, 0.25) is 5.02 Å². The molecule has 0 atom stereocenters. The van der Waals surface area contributed by atoms with E-state index in [0.717, 1.165) is 11.5 Å². The van der Waals surface area contributed by atoms with Crippen LogP contribution in [0.5, 0.6) is 5.75 Å². The third-order valence-electron chi connectivity index (χ3n) is 3.97. The molecule has 0 fully saturated rings. The van der Waals surface area contributed by atoms with E-state index in [0.29, 0.717) is 17.3 Å². The summed E-state index contributed by atoms with van der Waals surface area (Å²) in [5.74, 6) is 1.56. The zero-order valence-corrected chi connectivity index (χ0v) is 15.3. The maximum absolute atomic E-state index is 12.7. The van der Waals surface area contributed by atoms with E-state index in [1.54, 1.807) is 62.8 Å². The topological polar surface area (TPSA) is 64.6 Å². The highest BCUT2D eigenvalue weighted by atomic mass is 35.5. The number of hydrogen-bond donors (Lipinski definition) is 1. The Morgan fingerprint density at radius 3 is 2.15 bits per heavy atom. The van der Waals surface area contributed by atoms with Gasteiger partial charge in [-0.05, 0) is 62.4 Å². The molecule has 0 aliphatic heterocycles. The highest BCUT2D eigenvalue weighted by Gasteiger charge is 2.31. The second kappa shape index (κ2) is 7.70. The Kier molecular flexibility index (Phi) is 5.38. The van der Waals surface area contributed by atoms with Gasteiger partial charge in [0.2, 0.25) is 0 Å². The van der Waals surface area contributed by atoms with Crippen LogP contribution in [0.4, 0.5) is 0 Å². The Hall–Kier alpha value is -2.66. The summed E-state index contributed by atoms with van der Waals surface area (Å²) in [6.45, 7) is 3.75. The van der Waals surface area contributed by atoms with Crippen LogP contribution < -0.4 is 10.1 Å². The molecule has 0 unspecified atom stereocenters. The molecule has 26 heavy (non-hydrogen) atoms. The number of nitrogens with one attached hydrogen (secondary N) is 1. The average Bonchev–Trinajstić information content (AvgIpc) is 3.31. The smallest absolute Gasteiger partial charge is 0.263 e. The number of benzene rings is 1. The van der Waals surface area contributed by atoms with Crippen LogP contribution in [-0.2, 0) is 4.79 Å². The lowest BCUT2D eigenvalue weighted by Crippen LogP contribution is -2.47. The van der Waals surface area contributed by atoms with Crippen LogP contribution in [0.25, 0.3) is 0 Å². The van der Waals surface area contributed by atoms with Crippen LogP contribution in [0.15, 0.2) is 69.9 Å². The molecule has 1 N–H and O–H groups in total. The van der Waals surface area contributed by atoms with E-state index in [2.05, 4.69) is 5.32 Å². The van der Waals surface area contributed by atoms with Gasteiger partial charge in [0.15, 0.2) is 5.60 Å². The molecule has 0 radical (unpaired) electrons. The van der Waals surface area contributed by atoms with Gasteiger partial charge in [0.05, 0.1) is 18.4 Å². The number of rotatable bonds is 7. The van der Waals surface area contributed by atoms with Gasteiger partial charge in [-0.2, -0.15) is 0 Å². The van der Waals surface area contributed by atoms with Gasteiger partial charge in [0.25, 0.3) is 5.91 Å². The van der Waals surface area contributed by atoms with Crippen LogP contribution >= 0.6 is 11.6 Å². The third-order valence-corrected chi connectivity index (χ3v) is 4.23. The molecule has 0 aliphatic carbocycles. The fourth-order valence-corrected chi connectivity index (χ4v) is 2.70. The standard InChI is InChI=1S/C20H20ClNO4/c1-20(2,26-15-9-7-14(21)8-10-15)19(23)22-13-16(17-5-3-11-24-17)18-6-4-12-25-18/h3-12,16H,13H2,1-2H3,(H,22,23). The quantitative estimate of drug-likeness (QED) is 0.655. The van der Waals surface area contributed by atoms with Crippen molar-refractivity contribution in [3.63, 3.8) is 0 Å². The number of hydrogen-bond acceptors (Lipinski definition) is 4. The van der Waals surface area contributed by atoms with Crippen molar-refractivity contribution >= 4 is 17.5 Å². The van der Waals surface area contributed by atoms with Crippen LogP contribution in [0.1, 0.15) is 31.3 Å². The van der Waals surface area contributed by atoms with E-state index in [1.807, 2.05) is 12.1 Å². The Morgan fingerprint density at radius 1 is 1.08 bits per heavy atom. The molecule has 3 aromatic rings. The second-order valence-electron chi connectivity index (χ2n) is 6.36. The fourth-order valence-electron chi connectivity index (χ4n) is 2.57. The van der Waals surface area contributed by atoms with Crippen LogP contribution in [0, 0.1) is 0 Å². The van der Waals surface area contributed by atoms with Crippen molar-refractivity contribution in [2.24, 2.45) is 0 Å². The van der Waals surface area contributed by atoms with E-state index < -0.39 is 5.60 Å². The molecule has 6 heteroatoms. The summed E-state index contributed by atoms with van der Waals surface area (Å²) < 4.78 is 16.8. The average molecular weight is 374 g/mol. The Bertz CT molecular complexity index is 789. The summed E-state index contributed by atoms with van der Waals surface area (Å²) in [5.41, 5.74) is -1.05. The Labute approximate surface area is 156 Å². The molecule has 3 rings (SSSR count). The van der Waals surface area contributed by atoms with Crippen molar-refractivity contribution in [3.05, 3.63) is 77.6 Å². The summed E-state index contributed by atoms with van der Waals surface area (Å²) in [6.07, 6.45) is 3.20. The first-order valence-corrected chi connectivity index (χ1v) is 8.63. The first kappa shape index (κ1) is 18.1. The van der Waals surface area contributed by atoms with Gasteiger partial charge in [-0.25, -0.2) is 0 Å². The first-order valence-electron chi connectivity index (χ1n) is 8.25. The molecule has 0 spiro atoms. The van der Waals surface area contributed by atoms with E-state index >= 15 is 0 Å². The number of carbonyl (C=O) groups excluding carboxylic acids is 1. The van der Waals surface area contributed by atoms with Crippen molar-refractivity contribution < 1.29 is 18.4 Å². The molecular weight excluding hydrogens is 354 g/mol. The zero-order valence-electron chi connectivity index (χ0n) is 14.6. The summed E-state index contributed by atoms with van der Waals surface area (Å²) >= 11 is 5.88. The molecule has 2 aromatic heterocycles. The molecule has 1 aromatic carbocycles. The van der Waals surface area contributed by atoms with Crippen molar-refractivity contribution in [1.82, 2.24) is 5.32 Å². The minimum absolute atomic E-state index is 0.213. The molecule has 136 valence electrons. The minimum atomic E-state index is -1.05. The predicted octanol–water partition coefficient (Wildman–Crippen LogP) is 4.63. The van der Waals surface area contributed by atoms with Gasteiger partial charge in [-0.15, -0.1) is 0 Å². The SMILES string of the molecule is CC(C)(Oc1ccc(Cl)cc1)C(=O)NCC(c1ccco1)c1ccco1. The van der Waals surface area contributed by atoms with E-state index in [-0.39, 0.29) is 11.8 Å². The monoisotopic (exact) mass is 373 g/mol. The summed E-state index contributed by atoms with van der Waals surface area (Å²) in [4.78, 5) is 12.7. The molecular formula is C20H20ClNO4. The third kappa shape index (κ3) is 4.29. The molecule has 0 saturated carbocycles. The van der Waals surface area contributed by atoms with Gasteiger partial charge in [-0.1, -0.05) is 11.6 Å². The highest BCUT2D eigenvalue weighted by Crippen LogP contribution is 2.26. The fraction of sp³-hybridized carbons (Fsp3) is 0.250. The molecule has 0 aliphatic rings. The number of furan rings is 2. The van der Waals surface area contributed by atoms with Crippen LogP contribution in [-0.4, -0.2) is 18.1 Å². The lowest BCUT2D eigenvalue weighted by atomic mass is 10.0. The molecule has 2 heterocycles. The van der Waals surface area contributed by atoms with E-state index in [4.69, 9.17) is 25.2 Å². The van der Waals surface area contributed by atoms with Crippen molar-refractivity contribution in [1.29, 1.82) is 0 Å². The molecule has 0 saturated heterocycles. The van der Waals surface area contributed by atoms with Crippen molar-refractivity contribution in [3.8, 4) is 5.75 Å². The Morgan fingerprint density at radius 2 is 1.65 bits per heavy atom. The normalized spacial score (nSPS) is 11.5. The van der Waals surface area contributed by atoms with Gasteiger partial charge in [0, 0.05) is 11.6 Å². The van der Waals surface area contributed by atoms with Gasteiger partial charge in [-0.3, -0.25) is 4.79 Å². The number of halogens is 1. The second-order valence-corrected chi connectivity index (χ2v) is 6.80. The Balaban J connectivity index is 1.66. The number of carbonyl (C=O) groups is 1. The van der Waals surface area contributed by atoms with Crippen molar-refractivity contribution in [2.75, 3.05) is 6.54 Å². The number of ether oxygens (including phenoxy) is 1. The molecule has 0 bridgehead atoms. The van der Waals surface area contributed by atoms with Crippen molar-refractivity contribution in [2.45, 2.75) is 25.4 Å². The van der Waals surface area contributed by atoms with E-state index in [1.165, 1.54) is 0 Å². The van der Waals surface area contributed by atoms with Gasteiger partial charge >= 0.3 is 0 Å². The zero-order chi connectivity index (χ0) is 18.6. The lowest BCUT2D eigenvalue weighted by Gasteiger charge is -2.26. The predicted molar refractivity (Wildman–Crippen MR) is 98.4 cm³/mol. The maximum atomic E-state index is 12.7. The first-order chi connectivity index (χ1) is 12.5. The molecule has 5 nitrogen and oxygen atoms in total. The van der Waals surface area contributed by atoms with E-state index in [9.17, 15) is 4.79 Å². The van der Waals surface area contributed by atoms with Gasteiger partial charge in [0.1, 0.15) is 17.3 Å². The highest BCUT2D eigenvalue weighted by molar-refractivity contribution is 6.30. The summed E-state index contributed by atoms with van der Waals surface area (Å²) in [6, 6.07) is 14.2. The van der Waals surface area contributed by atoms with Gasteiger partial charge < -0.3 is 18.9 Å². The van der Waals surface area contributed by atoms with Crippen LogP contribution in [0.3, 0.4) is 0 Å². The molecule has 1 amide bonds.